The lowest BCUT2D eigenvalue weighted by molar-refractivity contribution is 0.276. The van der Waals surface area contributed by atoms with E-state index in [9.17, 15) is 5.11 Å². The molecule has 16 nitrogen and oxygen atoms in total. The fourth-order valence-corrected chi connectivity index (χ4v) is 9.09. The number of benzene rings is 10. The van der Waals surface area contributed by atoms with Crippen molar-refractivity contribution in [3.05, 3.63) is 312 Å². The van der Waals surface area contributed by atoms with Gasteiger partial charge in [-0.05, 0) is 243 Å². The first-order valence-electron chi connectivity index (χ1n) is 31.5. The van der Waals surface area contributed by atoms with Crippen LogP contribution < -0.4 is 18.9 Å². The zero-order chi connectivity index (χ0) is 76.8. The maximum atomic E-state index is 9.70. The van der Waals surface area contributed by atoms with Gasteiger partial charge in [-0.2, -0.15) is 26.3 Å². The maximum absolute atomic E-state index is 9.70. The van der Waals surface area contributed by atoms with Crippen molar-refractivity contribution in [2.45, 2.75) is 132 Å². The summed E-state index contributed by atoms with van der Waals surface area (Å²) in [6.45, 7) is 11.8. The van der Waals surface area contributed by atoms with Gasteiger partial charge in [0, 0.05) is 14.6 Å². The van der Waals surface area contributed by atoms with E-state index in [-0.39, 0.29) is 77.4 Å². The van der Waals surface area contributed by atoms with Crippen LogP contribution in [-0.2, 0) is 63.5 Å². The van der Waals surface area contributed by atoms with Crippen molar-refractivity contribution >= 4 is 105 Å². The Bertz CT molecular complexity index is 3960. The van der Waals surface area contributed by atoms with Crippen molar-refractivity contribution < 1.29 is 54.7 Å². The Labute approximate surface area is 694 Å². The Hall–Kier alpha value is -8.35. The van der Waals surface area contributed by atoms with E-state index >= 15 is 0 Å². The smallest absolute Gasteiger partial charge is 0.161 e. The standard InChI is InChI=1S/C16H14BrNO.2C16H15NO2.C15H13NO3.C8H6BrN.C7H8O3.C3H7I.4CH4.Br3P/c1-12-8-15(9-17)6-7-16(12)19-11-14-4-2-13(10-18)3-5-14;2*1-12-8-15(10-18)6-7-16(12)19-11-14-4-2-13(9-17)3-5-14;16-8-11-1-3-12(4-2-11)10-19-15-6-5-13(9-17)7-14(15)18;9-5-7-1-3-8(6-10)4-2-7;8-4-5-1-2-6(9)7(10)3-5;1-3(2)4;;;;;1-4(2)3/h2-8H,9,11H2,1H3;2*2-8,18H,10-11H2,1H3;1-7,17-18H,9-10H2;1-4H,5H2;1-3,8-10H,4H2;3H,1-2H3;4*1H4;. The molecule has 0 spiro atoms. The lowest BCUT2D eigenvalue weighted by atomic mass is 10.1. The Morgan fingerprint density at radius 3 is 0.759 bits per heavy atom. The van der Waals surface area contributed by atoms with Crippen molar-refractivity contribution in [2.24, 2.45) is 0 Å². The van der Waals surface area contributed by atoms with E-state index < -0.39 is 0 Å². The van der Waals surface area contributed by atoms with Crippen LogP contribution >= 0.6 is 105 Å². The van der Waals surface area contributed by atoms with Gasteiger partial charge < -0.3 is 54.7 Å². The molecule has 10 aromatic rings. The van der Waals surface area contributed by atoms with Gasteiger partial charge in [0.15, 0.2) is 23.0 Å². The number of halogens is 6. The molecule has 572 valence electrons. The normalized spacial score (nSPS) is 9.37. The van der Waals surface area contributed by atoms with Crippen LogP contribution in [0.1, 0.15) is 144 Å². The molecule has 0 unspecified atom stereocenters. The number of phenolic OH excluding ortho intramolecular Hbond substituents is 3. The molecule has 0 heterocycles. The number of aryl methyl sites for hydroxylation is 3. The Balaban J connectivity index is 0. The minimum absolute atomic E-state index is 0. The van der Waals surface area contributed by atoms with Crippen LogP contribution in [0.25, 0.3) is 0 Å². The summed E-state index contributed by atoms with van der Waals surface area (Å²) in [5.41, 5.74) is 15.8. The van der Waals surface area contributed by atoms with E-state index in [1.807, 2.05) is 130 Å². The van der Waals surface area contributed by atoms with Gasteiger partial charge in [-0.25, -0.2) is 0 Å². The molecule has 23 heteroatoms. The lowest BCUT2D eigenvalue weighted by Crippen LogP contribution is -1.97. The average molecular weight is 1920 g/mol. The minimum Gasteiger partial charge on any atom is -0.504 e. The zero-order valence-electron chi connectivity index (χ0n) is 57.6. The van der Waals surface area contributed by atoms with Crippen LogP contribution in [0, 0.1) is 77.4 Å². The van der Waals surface area contributed by atoms with E-state index in [0.29, 0.717) is 71.1 Å². The highest BCUT2D eigenvalue weighted by Gasteiger charge is 2.08. The number of aliphatic hydroxyl groups is 4. The number of nitrogens with zero attached hydrogens (tertiary/aromatic N) is 5. The Morgan fingerprint density at radius 1 is 0.324 bits per heavy atom. The highest BCUT2D eigenvalue weighted by Crippen LogP contribution is 2.59. The first kappa shape index (κ1) is 102. The molecule has 0 amide bonds. The van der Waals surface area contributed by atoms with E-state index in [2.05, 4.69) is 151 Å². The number of aromatic hydroxyl groups is 3. The van der Waals surface area contributed by atoms with Crippen LogP contribution in [0.15, 0.2) is 212 Å². The van der Waals surface area contributed by atoms with Crippen LogP contribution in [0.2, 0.25) is 0 Å². The van der Waals surface area contributed by atoms with E-state index in [1.165, 1.54) is 35.4 Å². The van der Waals surface area contributed by atoms with Gasteiger partial charge in [-0.3, -0.25) is 0 Å². The van der Waals surface area contributed by atoms with Gasteiger partial charge in [0.25, 0.3) is 0 Å². The molecule has 0 bridgehead atoms. The summed E-state index contributed by atoms with van der Waals surface area (Å²) in [7, 11) is 0. The number of nitriles is 5. The number of ether oxygens (including phenoxy) is 4. The number of hydrogen-bond donors (Lipinski definition) is 7. The molecular formula is C85H94Br5IN5O11P. The third-order valence-electron chi connectivity index (χ3n) is 13.8. The van der Waals surface area contributed by atoms with E-state index in [1.54, 1.807) is 72.8 Å². The van der Waals surface area contributed by atoms with Gasteiger partial charge in [0.05, 0.1) is 84.6 Å². The Kier molecular flexibility index (Phi) is 55.2. The van der Waals surface area contributed by atoms with Crippen molar-refractivity contribution in [2.75, 3.05) is 0 Å². The summed E-state index contributed by atoms with van der Waals surface area (Å²) in [6, 6.07) is 73.4. The summed E-state index contributed by atoms with van der Waals surface area (Å²) in [6.07, 6.45) is 0. The van der Waals surface area contributed by atoms with Gasteiger partial charge in [-0.15, -0.1) is 0 Å². The molecule has 0 aliphatic heterocycles. The van der Waals surface area contributed by atoms with Gasteiger partial charge in [-0.1, -0.05) is 207 Å². The van der Waals surface area contributed by atoms with Crippen molar-refractivity contribution in [3.8, 4) is 70.6 Å². The molecule has 0 atom stereocenters. The van der Waals surface area contributed by atoms with Crippen molar-refractivity contribution in [3.63, 3.8) is 0 Å². The number of hydrogen-bond acceptors (Lipinski definition) is 16. The highest BCUT2D eigenvalue weighted by atomic mass is 127. The molecule has 0 saturated carbocycles. The largest absolute Gasteiger partial charge is 0.504 e. The third kappa shape index (κ3) is 41.3. The second-order valence-corrected chi connectivity index (χ2v) is 41.2. The first-order chi connectivity index (χ1) is 50.0. The van der Waals surface area contributed by atoms with Gasteiger partial charge >= 0.3 is 0 Å². The molecule has 7 N–H and O–H groups in total. The average Bonchev–Trinajstić information content (AvgIpc) is 0.880. The van der Waals surface area contributed by atoms with Crippen LogP contribution in [0.4, 0.5) is 0 Å². The van der Waals surface area contributed by atoms with E-state index in [0.717, 1.165) is 81.9 Å². The lowest BCUT2D eigenvalue weighted by Gasteiger charge is -2.10. The molecule has 0 aromatic heterocycles. The maximum Gasteiger partial charge on any atom is 0.161 e. The summed E-state index contributed by atoms with van der Waals surface area (Å²) < 4.78 is 23.4. The van der Waals surface area contributed by atoms with E-state index in [4.69, 9.17) is 75.9 Å². The summed E-state index contributed by atoms with van der Waals surface area (Å²) in [5, 5.41) is 108. The van der Waals surface area contributed by atoms with Gasteiger partial charge in [0.2, 0.25) is 0 Å². The molecule has 0 aliphatic rings. The van der Waals surface area contributed by atoms with Crippen LogP contribution in [0.3, 0.4) is 0 Å². The second kappa shape index (κ2) is 58.6. The summed E-state index contributed by atoms with van der Waals surface area (Å²) in [4.78, 5) is 0. The zero-order valence-corrected chi connectivity index (χ0v) is 68.6. The minimum atomic E-state index is -0.202. The van der Waals surface area contributed by atoms with Crippen molar-refractivity contribution in [1.29, 1.82) is 26.3 Å². The Morgan fingerprint density at radius 2 is 0.528 bits per heavy atom. The summed E-state index contributed by atoms with van der Waals surface area (Å²) >= 11 is 18.6. The molecule has 108 heavy (non-hydrogen) atoms. The van der Waals surface area contributed by atoms with Crippen LogP contribution in [0.5, 0.6) is 40.2 Å². The third-order valence-corrected chi connectivity index (χ3v) is 15.1. The number of alkyl halides is 3. The number of phenols is 3. The first-order valence-corrected chi connectivity index (χ1v) is 42.4. The molecule has 0 fully saturated rings. The predicted molar refractivity (Wildman–Crippen MR) is 463 cm³/mol. The molecule has 10 rings (SSSR count). The fraction of sp³-hybridized carbons (Fsp3) is 0.235. The quantitative estimate of drug-likeness (QED) is 0.0182. The molecular weight excluding hydrogens is 1820 g/mol. The number of aliphatic hydroxyl groups excluding tert-OH is 4. The van der Waals surface area contributed by atoms with Gasteiger partial charge in [0.1, 0.15) is 47.7 Å². The molecule has 0 radical (unpaired) electrons. The van der Waals surface area contributed by atoms with Crippen molar-refractivity contribution in [1.82, 2.24) is 0 Å². The fourth-order valence-electron chi connectivity index (χ4n) is 8.37. The predicted octanol–water partition coefficient (Wildman–Crippen LogP) is 23.4. The summed E-state index contributed by atoms with van der Waals surface area (Å²) in [5.74, 6) is 2.50. The molecule has 10 aromatic carbocycles. The SMILES string of the molecule is BrP(Br)Br.C.C.C.C.CC(C)I.Cc1cc(CBr)ccc1OCc1ccc(C#N)cc1.Cc1cc(CO)ccc1OCc1ccc(C#N)cc1.Cc1cc(CO)ccc1OCc1ccc(C#N)cc1.N#Cc1ccc(CBr)cc1.N#Cc1ccc(COc2ccc(CO)cc2O)cc1.OCc1ccc(O)c(O)c1. The highest BCUT2D eigenvalue weighted by molar-refractivity contribution is 14.1. The second-order valence-electron chi connectivity index (χ2n) is 22.2. The number of rotatable bonds is 18. The topological polar surface area (TPSA) is 297 Å². The molecule has 0 aliphatic carbocycles. The monoisotopic (exact) mass is 1910 g/mol. The molecule has 0 saturated heterocycles. The van der Waals surface area contributed by atoms with Crippen LogP contribution in [-0.4, -0.2) is 39.7 Å².